The van der Waals surface area contributed by atoms with Crippen molar-refractivity contribution in [2.45, 2.75) is 6.04 Å². The number of carboxylic acids is 1. The molecule has 0 aliphatic carbocycles. The molecule has 1 atom stereocenters. The molecular weight excluding hydrogens is 240 g/mol. The van der Waals surface area contributed by atoms with E-state index in [1.807, 2.05) is 0 Å². The molecule has 7 heteroatoms. The lowest BCUT2D eigenvalue weighted by Crippen LogP contribution is -2.43. The Bertz CT molecular complexity index is 461. The number of hydrogen-bond donors (Lipinski definition) is 4. The molecule has 0 spiro atoms. The molecule has 1 amide bonds. The molecule has 98 valence electrons. The Balaban J connectivity index is 2.87. The topological polar surface area (TPSA) is 122 Å². The van der Waals surface area contributed by atoms with Crippen molar-refractivity contribution in [2.24, 2.45) is 0 Å². The number of benzene rings is 1. The number of methoxy groups -OCH3 is 1. The van der Waals surface area contributed by atoms with Gasteiger partial charge in [-0.1, -0.05) is 0 Å². The van der Waals surface area contributed by atoms with Gasteiger partial charge in [-0.15, -0.1) is 0 Å². The van der Waals surface area contributed by atoms with Crippen LogP contribution < -0.4 is 15.8 Å². The zero-order valence-corrected chi connectivity index (χ0v) is 9.71. The van der Waals surface area contributed by atoms with Crippen molar-refractivity contribution in [3.63, 3.8) is 0 Å². The van der Waals surface area contributed by atoms with Gasteiger partial charge in [-0.3, -0.25) is 4.79 Å². The molecule has 0 saturated heterocycles. The van der Waals surface area contributed by atoms with Gasteiger partial charge in [-0.2, -0.15) is 0 Å². The van der Waals surface area contributed by atoms with Crippen molar-refractivity contribution >= 4 is 17.6 Å². The molecule has 0 unspecified atom stereocenters. The summed E-state index contributed by atoms with van der Waals surface area (Å²) in [6.45, 7) is -0.697. The number of nitrogens with two attached hydrogens (primary N) is 1. The van der Waals surface area contributed by atoms with E-state index in [4.69, 9.17) is 20.7 Å². The first kappa shape index (κ1) is 13.8. The fraction of sp³-hybridized carbons (Fsp3) is 0.273. The Morgan fingerprint density at radius 3 is 2.61 bits per heavy atom. The molecule has 1 aromatic carbocycles. The van der Waals surface area contributed by atoms with Gasteiger partial charge in [0.2, 0.25) is 0 Å². The normalized spacial score (nSPS) is 11.7. The number of aliphatic carboxylic acids is 1. The van der Waals surface area contributed by atoms with E-state index in [1.165, 1.54) is 25.3 Å². The van der Waals surface area contributed by atoms with Crippen LogP contribution in [0.15, 0.2) is 18.2 Å². The molecule has 1 aromatic rings. The van der Waals surface area contributed by atoms with Crippen LogP contribution in [0.4, 0.5) is 5.69 Å². The first-order valence-electron chi connectivity index (χ1n) is 5.07. The van der Waals surface area contributed by atoms with E-state index < -0.39 is 24.5 Å². The highest BCUT2D eigenvalue weighted by molar-refractivity contribution is 6.01. The van der Waals surface area contributed by atoms with Crippen LogP contribution in [0.3, 0.4) is 0 Å². The third-order valence-corrected chi connectivity index (χ3v) is 2.29. The Kier molecular flexibility index (Phi) is 4.50. The Hall–Kier alpha value is -2.28. The van der Waals surface area contributed by atoms with Gasteiger partial charge in [0.25, 0.3) is 5.91 Å². The van der Waals surface area contributed by atoms with E-state index in [-0.39, 0.29) is 11.3 Å². The molecule has 0 bridgehead atoms. The van der Waals surface area contributed by atoms with E-state index >= 15 is 0 Å². The second-order valence-corrected chi connectivity index (χ2v) is 3.50. The minimum atomic E-state index is -1.36. The number of rotatable bonds is 5. The summed E-state index contributed by atoms with van der Waals surface area (Å²) in [6, 6.07) is 3.03. The van der Waals surface area contributed by atoms with E-state index in [2.05, 4.69) is 5.32 Å². The largest absolute Gasteiger partial charge is 0.497 e. The molecular formula is C11H14N2O5. The van der Waals surface area contributed by atoms with Gasteiger partial charge in [0.15, 0.2) is 6.04 Å². The summed E-state index contributed by atoms with van der Waals surface area (Å²) in [5, 5.41) is 19.6. The number of anilines is 1. The van der Waals surface area contributed by atoms with Crippen LogP contribution in [0.1, 0.15) is 10.4 Å². The fourth-order valence-corrected chi connectivity index (χ4v) is 1.30. The molecule has 1 rings (SSSR count). The molecule has 0 radical (unpaired) electrons. The lowest BCUT2D eigenvalue weighted by atomic mass is 10.1. The summed E-state index contributed by atoms with van der Waals surface area (Å²) < 4.78 is 4.92. The number of hydrogen-bond acceptors (Lipinski definition) is 5. The number of nitrogen functional groups attached to an aromatic ring is 1. The molecule has 0 aliphatic heterocycles. The van der Waals surface area contributed by atoms with Crippen molar-refractivity contribution in [2.75, 3.05) is 19.5 Å². The number of carbonyl (C=O) groups is 2. The van der Waals surface area contributed by atoms with Crippen molar-refractivity contribution in [1.29, 1.82) is 0 Å². The average molecular weight is 254 g/mol. The number of aliphatic hydroxyl groups excluding tert-OH is 1. The van der Waals surface area contributed by atoms with Gasteiger partial charge in [0.1, 0.15) is 5.75 Å². The molecule has 0 saturated carbocycles. The second kappa shape index (κ2) is 5.87. The molecule has 0 aliphatic rings. The van der Waals surface area contributed by atoms with Crippen LogP contribution >= 0.6 is 0 Å². The standard InChI is InChI=1S/C11H14N2O5/c1-18-6-2-3-7(8(12)4-6)10(15)13-9(5-14)11(16)17/h2-4,9,14H,5,12H2,1H3,(H,13,15)(H,16,17)/t9-/m0/s1. The zero-order valence-electron chi connectivity index (χ0n) is 9.71. The zero-order chi connectivity index (χ0) is 13.7. The number of carbonyl (C=O) groups excluding carboxylic acids is 1. The monoisotopic (exact) mass is 254 g/mol. The highest BCUT2D eigenvalue weighted by Crippen LogP contribution is 2.19. The maximum Gasteiger partial charge on any atom is 0.328 e. The number of amides is 1. The summed E-state index contributed by atoms with van der Waals surface area (Å²) in [5.41, 5.74) is 5.92. The van der Waals surface area contributed by atoms with Gasteiger partial charge in [0, 0.05) is 11.8 Å². The number of nitrogens with one attached hydrogen (secondary N) is 1. The van der Waals surface area contributed by atoms with Crippen LogP contribution in [0.5, 0.6) is 5.75 Å². The van der Waals surface area contributed by atoms with Crippen LogP contribution in [-0.2, 0) is 4.79 Å². The van der Waals surface area contributed by atoms with Crippen molar-refractivity contribution in [3.05, 3.63) is 23.8 Å². The van der Waals surface area contributed by atoms with Crippen molar-refractivity contribution in [1.82, 2.24) is 5.32 Å². The molecule has 0 fully saturated rings. The van der Waals surface area contributed by atoms with Crippen molar-refractivity contribution < 1.29 is 24.5 Å². The SMILES string of the molecule is COc1ccc(C(=O)N[C@@H](CO)C(=O)O)c(N)c1. The van der Waals surface area contributed by atoms with E-state index in [0.29, 0.717) is 5.75 Å². The second-order valence-electron chi connectivity index (χ2n) is 3.50. The Morgan fingerprint density at radius 2 is 2.17 bits per heavy atom. The molecule has 18 heavy (non-hydrogen) atoms. The fourth-order valence-electron chi connectivity index (χ4n) is 1.30. The summed E-state index contributed by atoms with van der Waals surface area (Å²) in [6.07, 6.45) is 0. The number of carboxylic acid groups (broad SMARTS) is 1. The predicted octanol–water partition coefficient (Wildman–Crippen LogP) is -0.547. The van der Waals surface area contributed by atoms with E-state index in [9.17, 15) is 9.59 Å². The van der Waals surface area contributed by atoms with Gasteiger partial charge in [-0.05, 0) is 12.1 Å². The first-order valence-corrected chi connectivity index (χ1v) is 5.07. The minimum Gasteiger partial charge on any atom is -0.497 e. The highest BCUT2D eigenvalue weighted by Gasteiger charge is 2.20. The lowest BCUT2D eigenvalue weighted by molar-refractivity contribution is -0.140. The number of aliphatic hydroxyl groups is 1. The highest BCUT2D eigenvalue weighted by atomic mass is 16.5. The molecule has 5 N–H and O–H groups in total. The first-order chi connectivity index (χ1) is 8.49. The van der Waals surface area contributed by atoms with Gasteiger partial charge < -0.3 is 26.0 Å². The van der Waals surface area contributed by atoms with Gasteiger partial charge >= 0.3 is 5.97 Å². The van der Waals surface area contributed by atoms with Crippen molar-refractivity contribution in [3.8, 4) is 5.75 Å². The summed E-state index contributed by atoms with van der Waals surface area (Å²) in [7, 11) is 1.46. The smallest absolute Gasteiger partial charge is 0.328 e. The van der Waals surface area contributed by atoms with Gasteiger partial charge in [0.05, 0.1) is 19.3 Å². The minimum absolute atomic E-state index is 0.121. The lowest BCUT2D eigenvalue weighted by Gasteiger charge is -2.13. The van der Waals surface area contributed by atoms with Crippen LogP contribution in [0.2, 0.25) is 0 Å². The third kappa shape index (κ3) is 3.11. The maximum atomic E-state index is 11.7. The van der Waals surface area contributed by atoms with Crippen LogP contribution in [0.25, 0.3) is 0 Å². The van der Waals surface area contributed by atoms with E-state index in [0.717, 1.165) is 0 Å². The summed E-state index contributed by atoms with van der Waals surface area (Å²) in [5.74, 6) is -1.50. The average Bonchev–Trinajstić information content (AvgIpc) is 2.34. The van der Waals surface area contributed by atoms with Gasteiger partial charge in [-0.25, -0.2) is 4.79 Å². The van der Waals surface area contributed by atoms with Crippen LogP contribution in [0, 0.1) is 0 Å². The summed E-state index contributed by atoms with van der Waals surface area (Å²) in [4.78, 5) is 22.4. The summed E-state index contributed by atoms with van der Waals surface area (Å²) >= 11 is 0. The van der Waals surface area contributed by atoms with E-state index in [1.54, 1.807) is 0 Å². The maximum absolute atomic E-state index is 11.7. The number of ether oxygens (including phenoxy) is 1. The third-order valence-electron chi connectivity index (χ3n) is 2.29. The molecule has 0 aromatic heterocycles. The Labute approximate surface area is 103 Å². The van der Waals surface area contributed by atoms with Crippen LogP contribution in [-0.4, -0.2) is 41.8 Å². The molecule has 0 heterocycles. The Morgan fingerprint density at radius 1 is 1.50 bits per heavy atom. The predicted molar refractivity (Wildman–Crippen MR) is 63.4 cm³/mol. The molecule has 7 nitrogen and oxygen atoms in total. The quantitative estimate of drug-likeness (QED) is 0.523.